The Hall–Kier alpha value is -3.00. The number of carbonyl (C=O) groups is 2. The second kappa shape index (κ2) is 12.9. The maximum atomic E-state index is 13.1. The van der Waals surface area contributed by atoms with Gasteiger partial charge >= 0.3 is 6.18 Å². The lowest BCUT2D eigenvalue weighted by atomic mass is 10.1. The SMILES string of the molecule is Cc1cnc(OCCCN(C)C)c(Cl)c1C(=O)NC(C)c1ncc(C(=O)Nc2cc(C(F)(F)F)c(Cl)cn2)s1. The fraction of sp³-hybridized carbons (Fsp3) is 0.375. The second-order valence-corrected chi connectivity index (χ2v) is 10.5. The molecule has 1 atom stereocenters. The normalized spacial score (nSPS) is 12.4. The third-order valence-corrected chi connectivity index (χ3v) is 7.09. The Morgan fingerprint density at radius 1 is 1.13 bits per heavy atom. The predicted molar refractivity (Wildman–Crippen MR) is 143 cm³/mol. The molecule has 0 aromatic carbocycles. The van der Waals surface area contributed by atoms with Gasteiger partial charge in [-0.05, 0) is 46.0 Å². The lowest BCUT2D eigenvalue weighted by Gasteiger charge is -2.16. The molecule has 0 aliphatic carbocycles. The van der Waals surface area contributed by atoms with Gasteiger partial charge in [0, 0.05) is 18.9 Å². The molecule has 3 rings (SSSR count). The molecule has 15 heteroatoms. The van der Waals surface area contributed by atoms with E-state index in [-0.39, 0.29) is 27.2 Å². The van der Waals surface area contributed by atoms with Crippen molar-refractivity contribution in [1.29, 1.82) is 0 Å². The van der Waals surface area contributed by atoms with Crippen molar-refractivity contribution in [1.82, 2.24) is 25.2 Å². The number of rotatable bonds is 10. The van der Waals surface area contributed by atoms with Crippen LogP contribution in [0.15, 0.2) is 24.7 Å². The molecule has 3 aromatic rings. The van der Waals surface area contributed by atoms with Gasteiger partial charge in [0.25, 0.3) is 11.8 Å². The van der Waals surface area contributed by atoms with Gasteiger partial charge in [0.1, 0.15) is 20.7 Å². The summed E-state index contributed by atoms with van der Waals surface area (Å²) in [6.45, 7) is 4.54. The number of alkyl halides is 3. The summed E-state index contributed by atoms with van der Waals surface area (Å²) in [4.78, 5) is 39.8. The third-order valence-electron chi connectivity index (χ3n) is 5.26. The lowest BCUT2D eigenvalue weighted by Crippen LogP contribution is -2.27. The number of pyridine rings is 2. The van der Waals surface area contributed by atoms with E-state index in [1.807, 2.05) is 19.0 Å². The first kappa shape index (κ1) is 30.5. The Morgan fingerprint density at radius 2 is 1.85 bits per heavy atom. The first-order valence-corrected chi connectivity index (χ1v) is 13.1. The summed E-state index contributed by atoms with van der Waals surface area (Å²) in [5, 5.41) is 4.97. The van der Waals surface area contributed by atoms with Crippen LogP contribution in [0.3, 0.4) is 0 Å². The van der Waals surface area contributed by atoms with E-state index in [1.165, 1.54) is 12.4 Å². The molecule has 3 heterocycles. The summed E-state index contributed by atoms with van der Waals surface area (Å²) in [5.74, 6) is -1.38. The lowest BCUT2D eigenvalue weighted by molar-refractivity contribution is -0.137. The van der Waals surface area contributed by atoms with Crippen molar-refractivity contribution in [3.05, 3.63) is 61.3 Å². The molecular formula is C24H25Cl2F3N6O3S. The van der Waals surface area contributed by atoms with Gasteiger partial charge in [0.2, 0.25) is 5.88 Å². The van der Waals surface area contributed by atoms with E-state index in [1.54, 1.807) is 13.8 Å². The molecule has 2 N–H and O–H groups in total. The molecule has 0 bridgehead atoms. The van der Waals surface area contributed by atoms with Crippen LogP contribution in [0.1, 0.15) is 55.6 Å². The number of aromatic nitrogens is 3. The van der Waals surface area contributed by atoms with Gasteiger partial charge in [0.15, 0.2) is 0 Å². The van der Waals surface area contributed by atoms with Crippen molar-refractivity contribution in [3.63, 3.8) is 0 Å². The van der Waals surface area contributed by atoms with Crippen molar-refractivity contribution >= 4 is 52.2 Å². The Bertz CT molecular complexity index is 1350. The minimum absolute atomic E-state index is 0.0810. The van der Waals surface area contributed by atoms with E-state index in [0.29, 0.717) is 23.2 Å². The van der Waals surface area contributed by atoms with Crippen molar-refractivity contribution in [2.24, 2.45) is 0 Å². The summed E-state index contributed by atoms with van der Waals surface area (Å²) in [6.07, 6.45) is -0.409. The van der Waals surface area contributed by atoms with Crippen LogP contribution in [0.4, 0.5) is 19.0 Å². The van der Waals surface area contributed by atoms with Crippen LogP contribution in [0.25, 0.3) is 0 Å². The quantitative estimate of drug-likeness (QED) is 0.288. The van der Waals surface area contributed by atoms with Gasteiger partial charge in [-0.2, -0.15) is 13.2 Å². The Labute approximate surface area is 236 Å². The highest BCUT2D eigenvalue weighted by molar-refractivity contribution is 7.13. The number of aryl methyl sites for hydroxylation is 1. The number of amides is 2. The number of anilines is 1. The molecule has 0 saturated heterocycles. The number of halogens is 5. The minimum Gasteiger partial charge on any atom is -0.477 e. The zero-order valence-corrected chi connectivity index (χ0v) is 23.6. The zero-order chi connectivity index (χ0) is 28.9. The van der Waals surface area contributed by atoms with Crippen LogP contribution < -0.4 is 15.4 Å². The molecule has 39 heavy (non-hydrogen) atoms. The number of ether oxygens (including phenoxy) is 1. The smallest absolute Gasteiger partial charge is 0.418 e. The van der Waals surface area contributed by atoms with Crippen LogP contribution in [0.2, 0.25) is 10.0 Å². The summed E-state index contributed by atoms with van der Waals surface area (Å²) in [5.41, 5.74) is -0.383. The molecule has 0 radical (unpaired) electrons. The molecule has 2 amide bonds. The monoisotopic (exact) mass is 604 g/mol. The minimum atomic E-state index is -4.71. The molecule has 9 nitrogen and oxygen atoms in total. The molecule has 0 aliphatic rings. The maximum Gasteiger partial charge on any atom is 0.418 e. The zero-order valence-electron chi connectivity index (χ0n) is 21.3. The van der Waals surface area contributed by atoms with Gasteiger partial charge in [-0.15, -0.1) is 11.3 Å². The number of nitrogens with zero attached hydrogens (tertiary/aromatic N) is 4. The molecule has 0 saturated carbocycles. The summed E-state index contributed by atoms with van der Waals surface area (Å²) in [6, 6.07) is 0.0223. The summed E-state index contributed by atoms with van der Waals surface area (Å²) >= 11 is 13.0. The number of nitrogens with one attached hydrogen (secondary N) is 2. The third kappa shape index (κ3) is 8.01. The van der Waals surface area contributed by atoms with Crippen molar-refractivity contribution in [3.8, 4) is 5.88 Å². The second-order valence-electron chi connectivity index (χ2n) is 8.70. The fourth-order valence-corrected chi connectivity index (χ4v) is 4.68. The average molecular weight is 605 g/mol. The molecule has 3 aromatic heterocycles. The van der Waals surface area contributed by atoms with Crippen LogP contribution in [-0.2, 0) is 6.18 Å². The van der Waals surface area contributed by atoms with Crippen LogP contribution in [0.5, 0.6) is 5.88 Å². The van der Waals surface area contributed by atoms with E-state index in [0.717, 1.165) is 30.5 Å². The highest BCUT2D eigenvalue weighted by atomic mass is 35.5. The molecule has 210 valence electrons. The van der Waals surface area contributed by atoms with Gasteiger partial charge < -0.3 is 20.3 Å². The van der Waals surface area contributed by atoms with E-state index < -0.39 is 34.6 Å². The number of thiazole rings is 1. The standard InChI is InChI=1S/C24H25Cl2F3N6O3S/c1-12-9-31-22(38-7-5-6-35(3)4)19(26)18(12)21(37)33-13(2)23-32-11-16(39-23)20(36)34-17-8-14(24(27,28)29)15(25)10-30-17/h8-11,13H,5-7H2,1-4H3,(H,33,37)(H,30,34,36). The van der Waals surface area contributed by atoms with E-state index >= 15 is 0 Å². The van der Waals surface area contributed by atoms with Crippen molar-refractivity contribution in [2.45, 2.75) is 32.5 Å². The summed E-state index contributed by atoms with van der Waals surface area (Å²) < 4.78 is 44.9. The largest absolute Gasteiger partial charge is 0.477 e. The predicted octanol–water partition coefficient (Wildman–Crippen LogP) is 5.64. The maximum absolute atomic E-state index is 13.1. The molecule has 1 unspecified atom stereocenters. The molecule has 0 fully saturated rings. The van der Waals surface area contributed by atoms with Crippen LogP contribution in [-0.4, -0.2) is 58.9 Å². The average Bonchev–Trinajstić information content (AvgIpc) is 3.34. The Balaban J connectivity index is 1.68. The molecule has 0 aliphatic heterocycles. The van der Waals surface area contributed by atoms with E-state index in [4.69, 9.17) is 27.9 Å². The number of hydrogen-bond donors (Lipinski definition) is 2. The molecular weight excluding hydrogens is 580 g/mol. The van der Waals surface area contributed by atoms with Crippen molar-refractivity contribution in [2.75, 3.05) is 32.6 Å². The number of hydrogen-bond acceptors (Lipinski definition) is 8. The van der Waals surface area contributed by atoms with E-state index in [9.17, 15) is 22.8 Å². The van der Waals surface area contributed by atoms with Gasteiger partial charge in [-0.25, -0.2) is 15.0 Å². The van der Waals surface area contributed by atoms with Gasteiger partial charge in [-0.3, -0.25) is 9.59 Å². The Morgan fingerprint density at radius 3 is 2.51 bits per heavy atom. The van der Waals surface area contributed by atoms with Gasteiger partial charge in [0.05, 0.1) is 35.0 Å². The Kier molecular flexibility index (Phi) is 10.1. The first-order valence-electron chi connectivity index (χ1n) is 11.5. The highest BCUT2D eigenvalue weighted by Crippen LogP contribution is 2.35. The van der Waals surface area contributed by atoms with Crippen LogP contribution >= 0.6 is 34.5 Å². The van der Waals surface area contributed by atoms with E-state index in [2.05, 4.69) is 25.6 Å². The fourth-order valence-electron chi connectivity index (χ4n) is 3.31. The first-order chi connectivity index (χ1) is 18.3. The van der Waals surface area contributed by atoms with Gasteiger partial charge in [-0.1, -0.05) is 23.2 Å². The summed E-state index contributed by atoms with van der Waals surface area (Å²) in [7, 11) is 3.89. The highest BCUT2D eigenvalue weighted by Gasteiger charge is 2.34. The van der Waals surface area contributed by atoms with Crippen LogP contribution in [0, 0.1) is 6.92 Å². The number of carbonyl (C=O) groups excluding carboxylic acids is 2. The topological polar surface area (TPSA) is 109 Å². The van der Waals surface area contributed by atoms with Crippen molar-refractivity contribution < 1.29 is 27.5 Å². The molecule has 0 spiro atoms.